The molecule has 0 atom stereocenters. The summed E-state index contributed by atoms with van der Waals surface area (Å²) >= 11 is 5.90. The van der Waals surface area contributed by atoms with E-state index in [1.54, 1.807) is 22.5 Å². The van der Waals surface area contributed by atoms with Gasteiger partial charge in [-0.25, -0.2) is 8.42 Å². The van der Waals surface area contributed by atoms with Crippen molar-refractivity contribution in [2.24, 2.45) is 5.92 Å². The topological polar surface area (TPSA) is 49.4 Å². The molecule has 6 heteroatoms. The lowest BCUT2D eigenvalue weighted by Gasteiger charge is -2.31. The van der Waals surface area contributed by atoms with Gasteiger partial charge in [0.25, 0.3) is 0 Å². The molecule has 1 N–H and O–H groups in total. The Hall–Kier alpha value is -0.620. The van der Waals surface area contributed by atoms with E-state index in [0.717, 1.165) is 25.3 Å². The molecular weight excluding hydrogens is 308 g/mol. The van der Waals surface area contributed by atoms with Crippen LogP contribution in [0.15, 0.2) is 29.2 Å². The van der Waals surface area contributed by atoms with Gasteiger partial charge in [0, 0.05) is 24.2 Å². The van der Waals surface area contributed by atoms with Crippen LogP contribution in [-0.4, -0.2) is 38.4 Å². The second-order valence-corrected chi connectivity index (χ2v) is 8.36. The Morgan fingerprint density at radius 2 is 1.90 bits per heavy atom. The van der Waals surface area contributed by atoms with Crippen molar-refractivity contribution in [3.63, 3.8) is 0 Å². The predicted octanol–water partition coefficient (Wildman–Crippen LogP) is 2.49. The molecule has 0 unspecified atom stereocenters. The van der Waals surface area contributed by atoms with E-state index < -0.39 is 10.0 Å². The molecule has 1 heterocycles. The molecule has 1 aromatic carbocycles. The summed E-state index contributed by atoms with van der Waals surface area (Å²) in [5, 5.41) is 4.02. The number of hydrogen-bond acceptors (Lipinski definition) is 3. The minimum Gasteiger partial charge on any atom is -0.314 e. The third kappa shape index (κ3) is 3.77. The first-order valence-electron chi connectivity index (χ1n) is 7.55. The Morgan fingerprint density at radius 1 is 1.19 bits per heavy atom. The molecule has 0 aromatic heterocycles. The van der Waals surface area contributed by atoms with Gasteiger partial charge in [-0.05, 0) is 56.3 Å². The first-order chi connectivity index (χ1) is 10.1. The fourth-order valence-corrected chi connectivity index (χ4v) is 4.50. The van der Waals surface area contributed by atoms with Crippen LogP contribution in [-0.2, 0) is 10.0 Å². The molecule has 1 saturated carbocycles. The summed E-state index contributed by atoms with van der Waals surface area (Å²) in [4.78, 5) is 0.291. The van der Waals surface area contributed by atoms with E-state index in [1.165, 1.54) is 18.9 Å². The smallest absolute Gasteiger partial charge is 0.243 e. The van der Waals surface area contributed by atoms with Crippen LogP contribution in [0.25, 0.3) is 0 Å². The van der Waals surface area contributed by atoms with Crippen LogP contribution in [0.1, 0.15) is 25.7 Å². The number of sulfonamides is 1. The first-order valence-corrected chi connectivity index (χ1v) is 9.36. The fourth-order valence-electron chi connectivity index (χ4n) is 2.73. The van der Waals surface area contributed by atoms with E-state index in [0.29, 0.717) is 29.0 Å². The van der Waals surface area contributed by atoms with E-state index in [2.05, 4.69) is 5.32 Å². The van der Waals surface area contributed by atoms with E-state index >= 15 is 0 Å². The van der Waals surface area contributed by atoms with Gasteiger partial charge in [-0.3, -0.25) is 0 Å². The second kappa shape index (κ2) is 6.24. The molecule has 0 amide bonds. The van der Waals surface area contributed by atoms with Crippen molar-refractivity contribution in [1.29, 1.82) is 0 Å². The van der Waals surface area contributed by atoms with E-state index in [9.17, 15) is 8.42 Å². The molecular formula is C15H21ClN2O2S. The summed E-state index contributed by atoms with van der Waals surface area (Å²) in [6.07, 6.45) is 4.45. The van der Waals surface area contributed by atoms with Gasteiger partial charge in [-0.2, -0.15) is 4.31 Å². The molecule has 2 fully saturated rings. The van der Waals surface area contributed by atoms with Crippen LogP contribution in [0.3, 0.4) is 0 Å². The standard InChI is InChI=1S/C15H21ClN2O2S/c16-13-2-1-3-15(10-13)21(19,20)18-8-6-14(7-9-18)17-11-12-4-5-12/h1-3,10,12,14,17H,4-9,11H2. The Morgan fingerprint density at radius 3 is 2.52 bits per heavy atom. The SMILES string of the molecule is O=S(=O)(c1cccc(Cl)c1)N1CCC(NCC2CC2)CC1. The monoisotopic (exact) mass is 328 g/mol. The average Bonchev–Trinajstić information content (AvgIpc) is 3.30. The molecule has 2 aliphatic rings. The number of piperidine rings is 1. The number of hydrogen-bond donors (Lipinski definition) is 1. The Kier molecular flexibility index (Phi) is 4.54. The van der Waals surface area contributed by atoms with Crippen molar-refractivity contribution in [3.05, 3.63) is 29.3 Å². The van der Waals surface area contributed by atoms with Crippen LogP contribution in [0.5, 0.6) is 0 Å². The number of nitrogens with zero attached hydrogens (tertiary/aromatic N) is 1. The van der Waals surface area contributed by atoms with Gasteiger partial charge in [-0.15, -0.1) is 0 Å². The quantitative estimate of drug-likeness (QED) is 0.903. The molecule has 1 aliphatic carbocycles. The zero-order valence-corrected chi connectivity index (χ0v) is 13.5. The molecule has 1 aromatic rings. The largest absolute Gasteiger partial charge is 0.314 e. The maximum Gasteiger partial charge on any atom is 0.243 e. The molecule has 3 rings (SSSR count). The lowest BCUT2D eigenvalue weighted by Crippen LogP contribution is -2.45. The van der Waals surface area contributed by atoms with Crippen molar-refractivity contribution in [2.45, 2.75) is 36.6 Å². The van der Waals surface area contributed by atoms with Crippen molar-refractivity contribution < 1.29 is 8.42 Å². The molecule has 21 heavy (non-hydrogen) atoms. The predicted molar refractivity (Wildman–Crippen MR) is 84.0 cm³/mol. The zero-order valence-electron chi connectivity index (χ0n) is 12.0. The summed E-state index contributed by atoms with van der Waals surface area (Å²) < 4.78 is 26.7. The Bertz CT molecular complexity index is 593. The van der Waals surface area contributed by atoms with E-state index in [-0.39, 0.29) is 0 Å². The van der Waals surface area contributed by atoms with Gasteiger partial charge in [0.1, 0.15) is 0 Å². The Labute approximate surface area is 131 Å². The average molecular weight is 329 g/mol. The summed E-state index contributed by atoms with van der Waals surface area (Å²) in [7, 11) is -3.41. The Balaban J connectivity index is 1.59. The molecule has 4 nitrogen and oxygen atoms in total. The number of halogens is 1. The number of rotatable bonds is 5. The third-order valence-electron chi connectivity index (χ3n) is 4.28. The lowest BCUT2D eigenvalue weighted by atomic mass is 10.1. The summed E-state index contributed by atoms with van der Waals surface area (Å²) in [6.45, 7) is 2.25. The van der Waals surface area contributed by atoms with Crippen LogP contribution < -0.4 is 5.32 Å². The highest BCUT2D eigenvalue weighted by Gasteiger charge is 2.30. The van der Waals surface area contributed by atoms with Crippen molar-refractivity contribution >= 4 is 21.6 Å². The maximum atomic E-state index is 12.6. The summed E-state index contributed by atoms with van der Waals surface area (Å²) in [5.74, 6) is 0.859. The van der Waals surface area contributed by atoms with Crippen LogP contribution in [0.2, 0.25) is 5.02 Å². The second-order valence-electron chi connectivity index (χ2n) is 5.99. The van der Waals surface area contributed by atoms with Crippen molar-refractivity contribution in [1.82, 2.24) is 9.62 Å². The van der Waals surface area contributed by atoms with Gasteiger partial charge >= 0.3 is 0 Å². The summed E-state index contributed by atoms with van der Waals surface area (Å²) in [6, 6.07) is 6.96. The molecule has 0 bridgehead atoms. The van der Waals surface area contributed by atoms with Gasteiger partial charge < -0.3 is 5.32 Å². The molecule has 1 aliphatic heterocycles. The highest BCUT2D eigenvalue weighted by Crippen LogP contribution is 2.28. The molecule has 0 spiro atoms. The van der Waals surface area contributed by atoms with Gasteiger partial charge in [-0.1, -0.05) is 17.7 Å². The number of benzene rings is 1. The van der Waals surface area contributed by atoms with Crippen LogP contribution >= 0.6 is 11.6 Å². The fraction of sp³-hybridized carbons (Fsp3) is 0.600. The van der Waals surface area contributed by atoms with Gasteiger partial charge in [0.2, 0.25) is 10.0 Å². The number of nitrogens with one attached hydrogen (secondary N) is 1. The van der Waals surface area contributed by atoms with Crippen molar-refractivity contribution in [2.75, 3.05) is 19.6 Å². The van der Waals surface area contributed by atoms with E-state index in [1.807, 2.05) is 0 Å². The molecule has 116 valence electrons. The molecule has 1 saturated heterocycles. The first kappa shape index (κ1) is 15.3. The third-order valence-corrected chi connectivity index (χ3v) is 6.41. The maximum absolute atomic E-state index is 12.6. The van der Waals surface area contributed by atoms with E-state index in [4.69, 9.17) is 11.6 Å². The minimum absolute atomic E-state index is 0.291. The van der Waals surface area contributed by atoms with Crippen LogP contribution in [0.4, 0.5) is 0 Å². The lowest BCUT2D eigenvalue weighted by molar-refractivity contribution is 0.288. The highest BCUT2D eigenvalue weighted by molar-refractivity contribution is 7.89. The van der Waals surface area contributed by atoms with Crippen molar-refractivity contribution in [3.8, 4) is 0 Å². The summed E-state index contributed by atoms with van der Waals surface area (Å²) in [5.41, 5.74) is 0. The van der Waals surface area contributed by atoms with Crippen LogP contribution in [0, 0.1) is 5.92 Å². The minimum atomic E-state index is -3.41. The normalized spacial score (nSPS) is 21.6. The van der Waals surface area contributed by atoms with Gasteiger partial charge in [0.05, 0.1) is 4.90 Å². The zero-order chi connectivity index (χ0) is 14.9. The molecule has 0 radical (unpaired) electrons. The highest BCUT2D eigenvalue weighted by atomic mass is 35.5. The van der Waals surface area contributed by atoms with Gasteiger partial charge in [0.15, 0.2) is 0 Å².